The molecule has 0 spiro atoms. The minimum atomic E-state index is -0.140. The van der Waals surface area contributed by atoms with Crippen LogP contribution in [0, 0.1) is 0 Å². The van der Waals surface area contributed by atoms with Gasteiger partial charge in [-0.05, 0) is 43.4 Å². The van der Waals surface area contributed by atoms with E-state index in [0.29, 0.717) is 6.54 Å². The molecule has 3 N–H and O–H groups in total. The summed E-state index contributed by atoms with van der Waals surface area (Å²) >= 11 is 0. The van der Waals surface area contributed by atoms with Gasteiger partial charge in [-0.2, -0.15) is 0 Å². The van der Waals surface area contributed by atoms with Crippen LogP contribution in [0.1, 0.15) is 43.2 Å². The van der Waals surface area contributed by atoms with Crippen molar-refractivity contribution in [1.82, 2.24) is 15.5 Å². The fourth-order valence-corrected chi connectivity index (χ4v) is 3.58. The molecular formula is C19H29N3O2. The molecule has 2 fully saturated rings. The number of carbonyl (C=O) groups is 1. The molecule has 0 aromatic heterocycles. The van der Waals surface area contributed by atoms with E-state index < -0.39 is 0 Å². The molecule has 1 amide bonds. The van der Waals surface area contributed by atoms with E-state index in [2.05, 4.69) is 33.7 Å². The molecule has 0 saturated carbocycles. The van der Waals surface area contributed by atoms with Gasteiger partial charge in [-0.3, -0.25) is 9.69 Å². The van der Waals surface area contributed by atoms with E-state index in [4.69, 9.17) is 0 Å². The van der Waals surface area contributed by atoms with E-state index in [0.717, 1.165) is 58.3 Å². The molecule has 5 nitrogen and oxygen atoms in total. The summed E-state index contributed by atoms with van der Waals surface area (Å²) in [5, 5.41) is 16.0. The van der Waals surface area contributed by atoms with Crippen molar-refractivity contribution in [2.75, 3.05) is 19.6 Å². The summed E-state index contributed by atoms with van der Waals surface area (Å²) in [6.07, 6.45) is 4.79. The molecule has 0 radical (unpaired) electrons. The van der Waals surface area contributed by atoms with Gasteiger partial charge in [0.15, 0.2) is 0 Å². The zero-order valence-electron chi connectivity index (χ0n) is 14.3. The first kappa shape index (κ1) is 17.4. The number of aliphatic hydroxyl groups is 1. The predicted octanol–water partition coefficient (Wildman–Crippen LogP) is 1.40. The topological polar surface area (TPSA) is 64.6 Å². The lowest BCUT2D eigenvalue weighted by Crippen LogP contribution is -2.46. The minimum Gasteiger partial charge on any atom is -0.393 e. The highest BCUT2D eigenvalue weighted by molar-refractivity contribution is 5.81. The lowest BCUT2D eigenvalue weighted by atomic mass is 10.0. The highest BCUT2D eigenvalue weighted by Gasteiger charge is 2.21. The summed E-state index contributed by atoms with van der Waals surface area (Å²) in [6.45, 7) is 4.29. The number of rotatable bonds is 5. The van der Waals surface area contributed by atoms with Crippen molar-refractivity contribution >= 4 is 5.91 Å². The number of nitrogens with one attached hydrogen (secondary N) is 2. The van der Waals surface area contributed by atoms with Crippen molar-refractivity contribution in [3.8, 4) is 0 Å². The first-order valence-electron chi connectivity index (χ1n) is 9.20. The number of likely N-dealkylation sites (tertiary alicyclic amines) is 1. The van der Waals surface area contributed by atoms with Crippen LogP contribution in [0.15, 0.2) is 24.3 Å². The first-order valence-corrected chi connectivity index (χ1v) is 9.20. The van der Waals surface area contributed by atoms with E-state index in [1.54, 1.807) is 0 Å². The third kappa shape index (κ3) is 4.79. The van der Waals surface area contributed by atoms with E-state index in [-0.39, 0.29) is 18.1 Å². The Morgan fingerprint density at radius 2 is 1.92 bits per heavy atom. The van der Waals surface area contributed by atoms with Crippen LogP contribution >= 0.6 is 0 Å². The van der Waals surface area contributed by atoms with E-state index in [1.165, 1.54) is 11.1 Å². The van der Waals surface area contributed by atoms with Crippen LogP contribution in [0.25, 0.3) is 0 Å². The van der Waals surface area contributed by atoms with Crippen LogP contribution in [0.5, 0.6) is 0 Å². The molecule has 2 aliphatic rings. The summed E-state index contributed by atoms with van der Waals surface area (Å²) in [4.78, 5) is 14.7. The van der Waals surface area contributed by atoms with Crippen LogP contribution < -0.4 is 10.6 Å². The van der Waals surface area contributed by atoms with Crippen LogP contribution in [0.4, 0.5) is 0 Å². The highest BCUT2D eigenvalue weighted by Crippen LogP contribution is 2.17. The third-order valence-electron chi connectivity index (χ3n) is 5.15. The number of benzene rings is 1. The molecule has 2 heterocycles. The van der Waals surface area contributed by atoms with Gasteiger partial charge in [0.25, 0.3) is 0 Å². The lowest BCUT2D eigenvalue weighted by molar-refractivity contribution is -0.123. The molecule has 1 aromatic rings. The molecule has 5 heteroatoms. The number of nitrogens with zero attached hydrogens (tertiary/aromatic N) is 1. The second-order valence-electron chi connectivity index (χ2n) is 7.00. The predicted molar refractivity (Wildman–Crippen MR) is 94.4 cm³/mol. The smallest absolute Gasteiger partial charge is 0.237 e. The maximum atomic E-state index is 12.3. The molecule has 3 rings (SSSR count). The molecule has 1 atom stereocenters. The first-order chi connectivity index (χ1) is 11.7. The largest absolute Gasteiger partial charge is 0.393 e. The maximum Gasteiger partial charge on any atom is 0.237 e. The van der Waals surface area contributed by atoms with Gasteiger partial charge in [0.1, 0.15) is 0 Å². The van der Waals surface area contributed by atoms with Crippen molar-refractivity contribution in [2.45, 2.75) is 57.3 Å². The number of aliphatic hydroxyl groups excluding tert-OH is 1. The quantitative estimate of drug-likeness (QED) is 0.763. The summed E-state index contributed by atoms with van der Waals surface area (Å²) in [5.41, 5.74) is 2.46. The van der Waals surface area contributed by atoms with Crippen molar-refractivity contribution in [3.05, 3.63) is 35.4 Å². The Hall–Kier alpha value is -1.43. The summed E-state index contributed by atoms with van der Waals surface area (Å²) < 4.78 is 0. The van der Waals surface area contributed by atoms with E-state index >= 15 is 0 Å². The molecule has 2 saturated heterocycles. The lowest BCUT2D eigenvalue weighted by Gasteiger charge is -2.30. The van der Waals surface area contributed by atoms with Crippen LogP contribution in [0.2, 0.25) is 0 Å². The highest BCUT2D eigenvalue weighted by atomic mass is 16.3. The van der Waals surface area contributed by atoms with Gasteiger partial charge in [0, 0.05) is 26.2 Å². The third-order valence-corrected chi connectivity index (χ3v) is 5.15. The average Bonchev–Trinajstić information content (AvgIpc) is 2.63. The zero-order chi connectivity index (χ0) is 16.8. The molecule has 132 valence electrons. The maximum absolute atomic E-state index is 12.3. The summed E-state index contributed by atoms with van der Waals surface area (Å²) in [6, 6.07) is 8.30. The van der Waals surface area contributed by atoms with Gasteiger partial charge < -0.3 is 15.7 Å². The molecule has 2 aliphatic heterocycles. The fourth-order valence-electron chi connectivity index (χ4n) is 3.58. The minimum absolute atomic E-state index is 0.0329. The number of hydrogen-bond acceptors (Lipinski definition) is 4. The Balaban J connectivity index is 1.54. The summed E-state index contributed by atoms with van der Waals surface area (Å²) in [5.74, 6) is 0.116. The SMILES string of the molecule is O=C(NCc1ccccc1CN1CCC(O)CC1)[C@@H]1CCCCN1. The Morgan fingerprint density at radius 1 is 1.17 bits per heavy atom. The normalized spacial score (nSPS) is 23.1. The second-order valence-corrected chi connectivity index (χ2v) is 7.00. The van der Waals surface area contributed by atoms with Gasteiger partial charge in [-0.1, -0.05) is 30.7 Å². The number of hydrogen-bond donors (Lipinski definition) is 3. The Labute approximate surface area is 144 Å². The van der Waals surface area contributed by atoms with Crippen LogP contribution in [-0.2, 0) is 17.9 Å². The van der Waals surface area contributed by atoms with Crippen molar-refractivity contribution in [2.24, 2.45) is 0 Å². The number of amides is 1. The van der Waals surface area contributed by atoms with Crippen molar-refractivity contribution < 1.29 is 9.90 Å². The van der Waals surface area contributed by atoms with E-state index in [9.17, 15) is 9.90 Å². The Bertz CT molecular complexity index is 535. The van der Waals surface area contributed by atoms with Gasteiger partial charge in [-0.15, -0.1) is 0 Å². The monoisotopic (exact) mass is 331 g/mol. The van der Waals surface area contributed by atoms with Crippen LogP contribution in [-0.4, -0.2) is 47.7 Å². The number of carbonyl (C=O) groups excluding carboxylic acids is 1. The molecule has 0 unspecified atom stereocenters. The average molecular weight is 331 g/mol. The number of piperidine rings is 2. The zero-order valence-corrected chi connectivity index (χ0v) is 14.3. The molecule has 24 heavy (non-hydrogen) atoms. The van der Waals surface area contributed by atoms with Crippen molar-refractivity contribution in [3.63, 3.8) is 0 Å². The molecular weight excluding hydrogens is 302 g/mol. The standard InChI is InChI=1S/C19H29N3O2/c23-17-8-11-22(12-9-17)14-16-6-2-1-5-15(16)13-21-19(24)18-7-3-4-10-20-18/h1-2,5-6,17-18,20,23H,3-4,7-14H2,(H,21,24)/t18-/m0/s1. The Kier molecular flexibility index (Phi) is 6.24. The summed E-state index contributed by atoms with van der Waals surface area (Å²) in [7, 11) is 0. The van der Waals surface area contributed by atoms with Gasteiger partial charge in [-0.25, -0.2) is 0 Å². The molecule has 0 bridgehead atoms. The van der Waals surface area contributed by atoms with E-state index in [1.807, 2.05) is 6.07 Å². The molecule has 1 aromatic carbocycles. The molecule has 0 aliphatic carbocycles. The van der Waals surface area contributed by atoms with Gasteiger partial charge in [0.2, 0.25) is 5.91 Å². The second kappa shape index (κ2) is 8.60. The van der Waals surface area contributed by atoms with Crippen molar-refractivity contribution in [1.29, 1.82) is 0 Å². The van der Waals surface area contributed by atoms with Gasteiger partial charge in [0.05, 0.1) is 12.1 Å². The van der Waals surface area contributed by atoms with Crippen LogP contribution in [0.3, 0.4) is 0 Å². The fraction of sp³-hybridized carbons (Fsp3) is 0.632. The Morgan fingerprint density at radius 3 is 2.62 bits per heavy atom. The van der Waals surface area contributed by atoms with Gasteiger partial charge >= 0.3 is 0 Å².